The molecule has 2 rings (SSSR count). The van der Waals surface area contributed by atoms with Crippen LogP contribution in [0, 0.1) is 5.92 Å². The van der Waals surface area contributed by atoms with Crippen LogP contribution < -0.4 is 0 Å². The first-order valence-corrected chi connectivity index (χ1v) is 7.72. The molecular formula is C16H29NO3. The molecule has 0 aliphatic carbocycles. The number of ether oxygens (including phenoxy) is 2. The predicted octanol–water partition coefficient (Wildman–Crippen LogP) is 2.26. The van der Waals surface area contributed by atoms with Gasteiger partial charge in [0.25, 0.3) is 0 Å². The van der Waals surface area contributed by atoms with Crippen LogP contribution in [0.25, 0.3) is 0 Å². The molecule has 2 heterocycles. The van der Waals surface area contributed by atoms with Crippen LogP contribution in [0.1, 0.15) is 48.0 Å². The SMILES string of the molecule is CC(C)N1CCOC(C(=O)C2CC(C)(C)OC2(C)C)C1. The molecule has 0 aromatic rings. The van der Waals surface area contributed by atoms with Gasteiger partial charge in [-0.05, 0) is 48.0 Å². The first kappa shape index (κ1) is 15.9. The van der Waals surface area contributed by atoms with Crippen LogP contribution in [-0.4, -0.2) is 53.7 Å². The molecule has 0 bridgehead atoms. The van der Waals surface area contributed by atoms with Crippen LogP contribution in [0.2, 0.25) is 0 Å². The Labute approximate surface area is 122 Å². The van der Waals surface area contributed by atoms with Crippen molar-refractivity contribution in [3.63, 3.8) is 0 Å². The molecule has 4 heteroatoms. The van der Waals surface area contributed by atoms with Crippen molar-refractivity contribution in [2.24, 2.45) is 5.92 Å². The van der Waals surface area contributed by atoms with Gasteiger partial charge in [-0.25, -0.2) is 0 Å². The van der Waals surface area contributed by atoms with Crippen molar-refractivity contribution in [3.8, 4) is 0 Å². The lowest BCUT2D eigenvalue weighted by Crippen LogP contribution is -2.51. The average molecular weight is 283 g/mol. The highest BCUT2D eigenvalue weighted by Gasteiger charge is 2.51. The minimum Gasteiger partial charge on any atom is -0.369 e. The Bertz CT molecular complexity index is 376. The summed E-state index contributed by atoms with van der Waals surface area (Å²) in [6.45, 7) is 14.8. The van der Waals surface area contributed by atoms with Crippen LogP contribution in [0.3, 0.4) is 0 Å². The van der Waals surface area contributed by atoms with Gasteiger partial charge < -0.3 is 9.47 Å². The van der Waals surface area contributed by atoms with Crippen molar-refractivity contribution in [2.75, 3.05) is 19.7 Å². The van der Waals surface area contributed by atoms with E-state index in [4.69, 9.17) is 9.47 Å². The van der Waals surface area contributed by atoms with E-state index in [1.165, 1.54) is 0 Å². The molecule has 116 valence electrons. The molecule has 0 aromatic heterocycles. The molecule has 2 unspecified atom stereocenters. The topological polar surface area (TPSA) is 38.8 Å². The van der Waals surface area contributed by atoms with Gasteiger partial charge in [0.2, 0.25) is 0 Å². The van der Waals surface area contributed by atoms with Gasteiger partial charge in [0.15, 0.2) is 5.78 Å². The molecule has 0 aromatic carbocycles. The van der Waals surface area contributed by atoms with E-state index in [1.807, 2.05) is 13.8 Å². The van der Waals surface area contributed by atoms with E-state index in [0.717, 1.165) is 13.0 Å². The first-order valence-electron chi connectivity index (χ1n) is 7.72. The Balaban J connectivity index is 2.07. The highest BCUT2D eigenvalue weighted by molar-refractivity contribution is 5.87. The zero-order valence-corrected chi connectivity index (χ0v) is 13.7. The Morgan fingerprint density at radius 1 is 1.25 bits per heavy atom. The molecule has 2 atom stereocenters. The fraction of sp³-hybridized carbons (Fsp3) is 0.938. The maximum atomic E-state index is 12.8. The summed E-state index contributed by atoms with van der Waals surface area (Å²) in [7, 11) is 0. The highest BCUT2D eigenvalue weighted by atomic mass is 16.5. The molecule has 4 nitrogen and oxygen atoms in total. The summed E-state index contributed by atoms with van der Waals surface area (Å²) in [6, 6.07) is 0.457. The van der Waals surface area contributed by atoms with E-state index in [9.17, 15) is 4.79 Å². The van der Waals surface area contributed by atoms with Crippen molar-refractivity contribution in [2.45, 2.75) is 71.3 Å². The third kappa shape index (κ3) is 3.23. The zero-order valence-electron chi connectivity index (χ0n) is 13.7. The van der Waals surface area contributed by atoms with Crippen molar-refractivity contribution >= 4 is 5.78 Å². The molecule has 0 radical (unpaired) electrons. The third-order valence-electron chi connectivity index (χ3n) is 4.56. The van der Waals surface area contributed by atoms with E-state index < -0.39 is 5.60 Å². The van der Waals surface area contributed by atoms with Gasteiger partial charge in [-0.1, -0.05) is 0 Å². The largest absolute Gasteiger partial charge is 0.369 e. The van der Waals surface area contributed by atoms with Crippen LogP contribution in [-0.2, 0) is 14.3 Å². The molecule has 2 saturated heterocycles. The summed E-state index contributed by atoms with van der Waals surface area (Å²) in [5.74, 6) is 0.139. The molecule has 0 saturated carbocycles. The lowest BCUT2D eigenvalue weighted by atomic mass is 9.82. The number of hydrogen-bond donors (Lipinski definition) is 0. The average Bonchev–Trinajstić information content (AvgIpc) is 2.56. The van der Waals surface area contributed by atoms with Gasteiger partial charge in [0.05, 0.1) is 23.7 Å². The van der Waals surface area contributed by atoms with Crippen molar-refractivity contribution < 1.29 is 14.3 Å². The maximum absolute atomic E-state index is 12.8. The summed E-state index contributed by atoms with van der Waals surface area (Å²) >= 11 is 0. The van der Waals surface area contributed by atoms with Crippen LogP contribution in [0.4, 0.5) is 0 Å². The van der Waals surface area contributed by atoms with Crippen molar-refractivity contribution in [1.82, 2.24) is 4.90 Å². The lowest BCUT2D eigenvalue weighted by Gasteiger charge is -2.37. The summed E-state index contributed by atoms with van der Waals surface area (Å²) in [6.07, 6.45) is 0.480. The number of rotatable bonds is 3. The predicted molar refractivity (Wildman–Crippen MR) is 78.8 cm³/mol. The Kier molecular flexibility index (Phi) is 4.30. The van der Waals surface area contributed by atoms with Gasteiger partial charge >= 0.3 is 0 Å². The van der Waals surface area contributed by atoms with Gasteiger partial charge in [-0.15, -0.1) is 0 Å². The standard InChI is InChI=1S/C16H29NO3/c1-11(2)17-7-8-19-13(10-17)14(18)12-9-15(3,4)20-16(12,5)6/h11-13H,7-10H2,1-6H3. The number of carbonyl (C=O) groups is 1. The number of hydrogen-bond acceptors (Lipinski definition) is 4. The third-order valence-corrected chi connectivity index (χ3v) is 4.56. The normalized spacial score (nSPS) is 33.5. The second kappa shape index (κ2) is 5.39. The first-order chi connectivity index (χ1) is 9.12. The van der Waals surface area contributed by atoms with Crippen LogP contribution in [0.15, 0.2) is 0 Å². The molecule has 2 aliphatic rings. The number of nitrogens with zero attached hydrogens (tertiary/aromatic N) is 1. The zero-order chi connectivity index (χ0) is 15.1. The van der Waals surface area contributed by atoms with E-state index in [0.29, 0.717) is 19.2 Å². The van der Waals surface area contributed by atoms with Gasteiger partial charge in [-0.2, -0.15) is 0 Å². The Hall–Kier alpha value is -0.450. The highest BCUT2D eigenvalue weighted by Crippen LogP contribution is 2.43. The fourth-order valence-corrected chi connectivity index (χ4v) is 3.54. The summed E-state index contributed by atoms with van der Waals surface area (Å²) < 4.78 is 11.8. The Morgan fingerprint density at radius 2 is 1.90 bits per heavy atom. The number of morpholine rings is 1. The van der Waals surface area contributed by atoms with Gasteiger partial charge in [0, 0.05) is 19.1 Å². The van der Waals surface area contributed by atoms with E-state index in [1.54, 1.807) is 0 Å². The maximum Gasteiger partial charge on any atom is 0.168 e. The fourth-order valence-electron chi connectivity index (χ4n) is 3.54. The smallest absolute Gasteiger partial charge is 0.168 e. The number of carbonyl (C=O) groups excluding carboxylic acids is 1. The number of Topliss-reactive ketones (excluding diaryl/α,β-unsaturated/α-hetero) is 1. The van der Waals surface area contributed by atoms with Gasteiger partial charge in [0.1, 0.15) is 6.10 Å². The molecule has 0 amide bonds. The second-order valence-electron chi connectivity index (χ2n) is 7.57. The van der Waals surface area contributed by atoms with Crippen molar-refractivity contribution in [3.05, 3.63) is 0 Å². The monoisotopic (exact) mass is 283 g/mol. The summed E-state index contributed by atoms with van der Waals surface area (Å²) in [5, 5.41) is 0. The molecular weight excluding hydrogens is 254 g/mol. The minimum absolute atomic E-state index is 0.0744. The van der Waals surface area contributed by atoms with Crippen LogP contribution >= 0.6 is 0 Å². The van der Waals surface area contributed by atoms with E-state index >= 15 is 0 Å². The number of ketones is 1. The second-order valence-corrected chi connectivity index (χ2v) is 7.57. The van der Waals surface area contributed by atoms with Gasteiger partial charge in [-0.3, -0.25) is 9.69 Å². The molecule has 2 fully saturated rings. The summed E-state index contributed by atoms with van der Waals surface area (Å²) in [4.78, 5) is 15.2. The van der Waals surface area contributed by atoms with E-state index in [2.05, 4.69) is 32.6 Å². The quantitative estimate of drug-likeness (QED) is 0.796. The summed E-state index contributed by atoms with van der Waals surface area (Å²) in [5.41, 5.74) is -0.625. The lowest BCUT2D eigenvalue weighted by molar-refractivity contribution is -0.147. The van der Waals surface area contributed by atoms with E-state index in [-0.39, 0.29) is 23.4 Å². The Morgan fingerprint density at radius 3 is 2.40 bits per heavy atom. The molecule has 0 N–H and O–H groups in total. The molecule has 2 aliphatic heterocycles. The van der Waals surface area contributed by atoms with Crippen molar-refractivity contribution in [1.29, 1.82) is 0 Å². The minimum atomic E-state index is -0.399. The molecule has 0 spiro atoms. The van der Waals surface area contributed by atoms with Crippen LogP contribution in [0.5, 0.6) is 0 Å². The molecule has 20 heavy (non-hydrogen) atoms.